The standard InChI is InChI=1S/C40H69NO13/c1-3-5-7-9-11-13-15-17-19-21-23-29(44)28(41-32(45)24-22-20-18-16-14-12-10-8-6-4-2)27-51-39-37(50)35(48)38(31(26-43)53-39)54-40-36(49)34(47)33(46)30(25-42)52-40/h5,7-8,10,13,15,21,23,28-31,33-40,42-44,46-50H,3-4,6,9,11-12,14,16-20,22,24-27H2,1-2H3,(H,41,45)/b7-5+,10-8-,15-13+,23-21+. The van der Waals surface area contributed by atoms with Crippen molar-refractivity contribution in [2.24, 2.45) is 0 Å². The van der Waals surface area contributed by atoms with Gasteiger partial charge in [-0.3, -0.25) is 4.79 Å². The van der Waals surface area contributed by atoms with E-state index in [1.54, 1.807) is 6.08 Å². The van der Waals surface area contributed by atoms with Crippen molar-refractivity contribution in [1.82, 2.24) is 5.32 Å². The lowest BCUT2D eigenvalue weighted by Crippen LogP contribution is -2.65. The van der Waals surface area contributed by atoms with Crippen LogP contribution in [0.1, 0.15) is 104 Å². The zero-order chi connectivity index (χ0) is 39.7. The number of hydrogen-bond acceptors (Lipinski definition) is 13. The van der Waals surface area contributed by atoms with E-state index < -0.39 is 86.8 Å². The summed E-state index contributed by atoms with van der Waals surface area (Å²) in [7, 11) is 0. The van der Waals surface area contributed by atoms with Gasteiger partial charge in [0.25, 0.3) is 0 Å². The van der Waals surface area contributed by atoms with Crippen molar-refractivity contribution in [2.45, 2.75) is 177 Å². The molecular weight excluding hydrogens is 702 g/mol. The maximum absolute atomic E-state index is 13.0. The van der Waals surface area contributed by atoms with Gasteiger partial charge in [-0.2, -0.15) is 0 Å². The normalized spacial score (nSPS) is 30.6. The van der Waals surface area contributed by atoms with Crippen LogP contribution in [0.4, 0.5) is 0 Å². The SMILES string of the molecule is CC/C=C/CC/C=C/CC/C=C/C(O)C(COC1OC(CO)C(OC2OC(CO)C(O)C(O)C2O)C(O)C1O)NC(=O)CCCCCCC/C=C\CCC. The first-order valence-electron chi connectivity index (χ1n) is 19.9. The summed E-state index contributed by atoms with van der Waals surface area (Å²) in [4.78, 5) is 13.0. The van der Waals surface area contributed by atoms with Gasteiger partial charge in [-0.05, 0) is 57.8 Å². The van der Waals surface area contributed by atoms with Gasteiger partial charge in [0.15, 0.2) is 12.6 Å². The average molecular weight is 772 g/mol. The van der Waals surface area contributed by atoms with Crippen LogP contribution >= 0.6 is 0 Å². The van der Waals surface area contributed by atoms with Gasteiger partial charge in [-0.1, -0.05) is 88.1 Å². The number of nitrogens with one attached hydrogen (secondary N) is 1. The Balaban J connectivity index is 1.99. The van der Waals surface area contributed by atoms with Crippen LogP contribution in [0.25, 0.3) is 0 Å². The Morgan fingerprint density at radius 2 is 1.24 bits per heavy atom. The lowest BCUT2D eigenvalue weighted by molar-refractivity contribution is -0.359. The number of allylic oxidation sites excluding steroid dienone is 7. The Labute approximate surface area is 321 Å². The summed E-state index contributed by atoms with van der Waals surface area (Å²) in [6.45, 7) is 2.50. The molecule has 0 aromatic heterocycles. The summed E-state index contributed by atoms with van der Waals surface area (Å²) in [5, 5.41) is 86.0. The van der Waals surface area contributed by atoms with E-state index in [0.29, 0.717) is 12.8 Å². The number of aliphatic hydroxyl groups is 8. The Morgan fingerprint density at radius 3 is 1.91 bits per heavy atom. The first-order valence-corrected chi connectivity index (χ1v) is 19.9. The molecule has 2 rings (SSSR count). The predicted molar refractivity (Wildman–Crippen MR) is 203 cm³/mol. The highest BCUT2D eigenvalue weighted by molar-refractivity contribution is 5.76. The van der Waals surface area contributed by atoms with Crippen LogP contribution in [0, 0.1) is 0 Å². The van der Waals surface area contributed by atoms with Crippen LogP contribution < -0.4 is 5.32 Å². The molecular formula is C40H69NO13. The fraction of sp³-hybridized carbons (Fsp3) is 0.775. The van der Waals surface area contributed by atoms with Crippen molar-refractivity contribution in [3.63, 3.8) is 0 Å². The first kappa shape index (κ1) is 48.1. The van der Waals surface area contributed by atoms with Gasteiger partial charge in [0, 0.05) is 6.42 Å². The van der Waals surface area contributed by atoms with Gasteiger partial charge in [0.2, 0.25) is 5.91 Å². The van der Waals surface area contributed by atoms with Gasteiger partial charge in [0.1, 0.15) is 48.8 Å². The molecule has 14 heteroatoms. The highest BCUT2D eigenvalue weighted by Crippen LogP contribution is 2.29. The number of carbonyl (C=O) groups is 1. The molecule has 12 unspecified atom stereocenters. The molecule has 2 heterocycles. The number of aliphatic hydroxyl groups excluding tert-OH is 8. The van der Waals surface area contributed by atoms with Gasteiger partial charge in [-0.25, -0.2) is 0 Å². The number of carbonyl (C=O) groups excluding carboxylic acids is 1. The Morgan fingerprint density at radius 1 is 0.667 bits per heavy atom. The molecule has 0 aromatic carbocycles. The summed E-state index contributed by atoms with van der Waals surface area (Å²) in [5.41, 5.74) is 0. The molecule has 2 aliphatic rings. The van der Waals surface area contributed by atoms with Crippen LogP contribution in [0.2, 0.25) is 0 Å². The molecule has 0 aliphatic carbocycles. The molecule has 14 nitrogen and oxygen atoms in total. The molecule has 2 saturated heterocycles. The highest BCUT2D eigenvalue weighted by Gasteiger charge is 2.50. The van der Waals surface area contributed by atoms with E-state index in [1.165, 1.54) is 0 Å². The smallest absolute Gasteiger partial charge is 0.220 e. The molecule has 0 spiro atoms. The second-order valence-corrected chi connectivity index (χ2v) is 14.0. The molecule has 2 aliphatic heterocycles. The third kappa shape index (κ3) is 17.4. The monoisotopic (exact) mass is 771 g/mol. The minimum absolute atomic E-state index is 0.256. The van der Waals surface area contributed by atoms with Crippen molar-refractivity contribution in [2.75, 3.05) is 19.8 Å². The topological polar surface area (TPSA) is 228 Å². The van der Waals surface area contributed by atoms with Gasteiger partial charge in [0.05, 0.1) is 32.0 Å². The van der Waals surface area contributed by atoms with Crippen LogP contribution in [-0.4, -0.2) is 140 Å². The number of rotatable bonds is 27. The van der Waals surface area contributed by atoms with E-state index in [0.717, 1.165) is 70.6 Å². The molecule has 0 bridgehead atoms. The minimum Gasteiger partial charge on any atom is -0.394 e. The number of amides is 1. The molecule has 0 saturated carbocycles. The van der Waals surface area contributed by atoms with Gasteiger partial charge >= 0.3 is 0 Å². The molecule has 12 atom stereocenters. The largest absolute Gasteiger partial charge is 0.394 e. The third-order valence-corrected chi connectivity index (χ3v) is 9.46. The van der Waals surface area contributed by atoms with E-state index in [1.807, 2.05) is 6.08 Å². The van der Waals surface area contributed by atoms with Gasteiger partial charge in [-0.15, -0.1) is 0 Å². The minimum atomic E-state index is -1.79. The van der Waals surface area contributed by atoms with Gasteiger partial charge < -0.3 is 65.1 Å². The molecule has 0 radical (unpaired) electrons. The summed E-state index contributed by atoms with van der Waals surface area (Å²) in [6, 6.07) is -0.937. The number of hydrogen-bond donors (Lipinski definition) is 9. The zero-order valence-electron chi connectivity index (χ0n) is 32.2. The van der Waals surface area contributed by atoms with E-state index in [-0.39, 0.29) is 18.9 Å². The molecule has 54 heavy (non-hydrogen) atoms. The Kier molecular flexibility index (Phi) is 25.3. The summed E-state index contributed by atoms with van der Waals surface area (Å²) in [5.74, 6) is -0.273. The van der Waals surface area contributed by atoms with Crippen molar-refractivity contribution in [3.05, 3.63) is 48.6 Å². The lowest BCUT2D eigenvalue weighted by atomic mass is 9.97. The number of unbranched alkanes of at least 4 members (excludes halogenated alkanes) is 8. The summed E-state index contributed by atoms with van der Waals surface area (Å²) in [6.07, 6.45) is 12.0. The van der Waals surface area contributed by atoms with E-state index in [2.05, 4.69) is 55.6 Å². The lowest BCUT2D eigenvalue weighted by Gasteiger charge is -2.46. The maximum atomic E-state index is 13.0. The fourth-order valence-electron chi connectivity index (χ4n) is 6.15. The van der Waals surface area contributed by atoms with Crippen molar-refractivity contribution in [1.29, 1.82) is 0 Å². The average Bonchev–Trinajstić information content (AvgIpc) is 3.17. The molecule has 312 valence electrons. The van der Waals surface area contributed by atoms with Crippen LogP contribution in [0.15, 0.2) is 48.6 Å². The van der Waals surface area contributed by atoms with E-state index >= 15 is 0 Å². The maximum Gasteiger partial charge on any atom is 0.220 e. The summed E-state index contributed by atoms with van der Waals surface area (Å²) < 4.78 is 22.5. The van der Waals surface area contributed by atoms with Crippen molar-refractivity contribution in [3.8, 4) is 0 Å². The van der Waals surface area contributed by atoms with Crippen molar-refractivity contribution < 1.29 is 64.6 Å². The van der Waals surface area contributed by atoms with E-state index in [9.17, 15) is 45.6 Å². The van der Waals surface area contributed by atoms with E-state index in [4.69, 9.17) is 18.9 Å². The first-order chi connectivity index (χ1) is 26.1. The second-order valence-electron chi connectivity index (χ2n) is 14.0. The van der Waals surface area contributed by atoms with Crippen LogP contribution in [0.5, 0.6) is 0 Å². The Bertz CT molecular complexity index is 1100. The highest BCUT2D eigenvalue weighted by atomic mass is 16.7. The Hall–Kier alpha value is -2.05. The molecule has 0 aromatic rings. The number of ether oxygens (including phenoxy) is 4. The molecule has 1 amide bonds. The van der Waals surface area contributed by atoms with Crippen LogP contribution in [-0.2, 0) is 23.7 Å². The van der Waals surface area contributed by atoms with Crippen molar-refractivity contribution >= 4 is 5.91 Å². The second kappa shape index (κ2) is 28.4. The third-order valence-electron chi connectivity index (χ3n) is 9.46. The zero-order valence-corrected chi connectivity index (χ0v) is 32.2. The quantitative estimate of drug-likeness (QED) is 0.0432. The predicted octanol–water partition coefficient (Wildman–Crippen LogP) is 2.20. The molecule has 9 N–H and O–H groups in total. The fourth-order valence-corrected chi connectivity index (χ4v) is 6.15. The summed E-state index contributed by atoms with van der Waals surface area (Å²) >= 11 is 0. The van der Waals surface area contributed by atoms with Crippen LogP contribution in [0.3, 0.4) is 0 Å². The molecule has 2 fully saturated rings.